The second-order valence-corrected chi connectivity index (χ2v) is 8.70. The van der Waals surface area contributed by atoms with E-state index in [2.05, 4.69) is 44.3 Å². The van der Waals surface area contributed by atoms with Crippen LogP contribution in [0.15, 0.2) is 53.0 Å². The summed E-state index contributed by atoms with van der Waals surface area (Å²) in [5.74, 6) is 1.21. The van der Waals surface area contributed by atoms with Crippen LogP contribution in [0.5, 0.6) is 0 Å². The smallest absolute Gasteiger partial charge is 0.233 e. The first-order chi connectivity index (χ1) is 14.3. The van der Waals surface area contributed by atoms with Crippen molar-refractivity contribution in [3.63, 3.8) is 0 Å². The van der Waals surface area contributed by atoms with Crippen LogP contribution in [0.25, 0.3) is 12.2 Å². The zero-order valence-corrected chi connectivity index (χ0v) is 17.7. The molecule has 0 aliphatic carbocycles. The third-order valence-electron chi connectivity index (χ3n) is 4.73. The Hall–Kier alpha value is -2.42. The number of nitrogens with one attached hydrogen (secondary N) is 1. The van der Waals surface area contributed by atoms with Crippen molar-refractivity contribution in [3.8, 4) is 0 Å². The lowest BCUT2D eigenvalue weighted by atomic mass is 10.2. The average Bonchev–Trinajstić information content (AvgIpc) is 3.44. The van der Waals surface area contributed by atoms with Crippen molar-refractivity contribution in [2.75, 3.05) is 31.9 Å². The molecular formula is C21H23N5OS2. The highest BCUT2D eigenvalue weighted by atomic mass is 32.2. The van der Waals surface area contributed by atoms with Gasteiger partial charge in [-0.3, -0.25) is 14.8 Å². The number of nitrogens with zero attached hydrogens (tertiary/aromatic N) is 4. The molecule has 2 aromatic heterocycles. The minimum absolute atomic E-state index is 0.148. The van der Waals surface area contributed by atoms with Gasteiger partial charge in [-0.15, -0.1) is 16.4 Å². The molecule has 1 aromatic carbocycles. The molecule has 4 rings (SSSR count). The van der Waals surface area contributed by atoms with E-state index in [-0.39, 0.29) is 5.91 Å². The summed E-state index contributed by atoms with van der Waals surface area (Å²) in [6.07, 6.45) is 3.90. The standard InChI is InChI=1S/C21H23N5OS2/c27-20(26-12-10-25(11-13-26)15-17-5-2-1-3-6-17)16-29-21-22-19(23-24-21)9-8-18-7-4-14-28-18/h1-9,14H,10-13,15-16H2,(H,22,23,24). The highest BCUT2D eigenvalue weighted by Gasteiger charge is 2.21. The summed E-state index contributed by atoms with van der Waals surface area (Å²) >= 11 is 3.05. The molecule has 29 heavy (non-hydrogen) atoms. The van der Waals surface area contributed by atoms with Crippen LogP contribution in [-0.2, 0) is 11.3 Å². The van der Waals surface area contributed by atoms with Gasteiger partial charge in [-0.1, -0.05) is 48.2 Å². The van der Waals surface area contributed by atoms with Crippen LogP contribution < -0.4 is 0 Å². The topological polar surface area (TPSA) is 65.1 Å². The number of benzene rings is 1. The van der Waals surface area contributed by atoms with Crippen molar-refractivity contribution in [2.24, 2.45) is 0 Å². The van der Waals surface area contributed by atoms with E-state index in [4.69, 9.17) is 0 Å². The predicted octanol–water partition coefficient (Wildman–Crippen LogP) is 3.47. The Morgan fingerprint density at radius 2 is 1.93 bits per heavy atom. The van der Waals surface area contributed by atoms with Crippen LogP contribution in [0.2, 0.25) is 0 Å². The Kier molecular flexibility index (Phi) is 6.76. The number of amides is 1. The number of aromatic amines is 1. The number of hydrogen-bond donors (Lipinski definition) is 1. The third-order valence-corrected chi connectivity index (χ3v) is 6.40. The minimum atomic E-state index is 0.148. The van der Waals surface area contributed by atoms with Crippen LogP contribution in [0, 0.1) is 0 Å². The van der Waals surface area contributed by atoms with Gasteiger partial charge in [-0.05, 0) is 29.2 Å². The maximum Gasteiger partial charge on any atom is 0.233 e. The Balaban J connectivity index is 1.20. The van der Waals surface area contributed by atoms with Gasteiger partial charge in [0.25, 0.3) is 0 Å². The van der Waals surface area contributed by atoms with Gasteiger partial charge in [0.15, 0.2) is 0 Å². The fourth-order valence-corrected chi connectivity index (χ4v) is 4.49. The number of thioether (sulfide) groups is 1. The Labute approximate surface area is 178 Å². The molecule has 1 aliphatic heterocycles. The van der Waals surface area contributed by atoms with Crippen LogP contribution in [0.1, 0.15) is 16.3 Å². The third kappa shape index (κ3) is 5.79. The maximum absolute atomic E-state index is 12.5. The molecule has 1 aliphatic rings. The number of carbonyl (C=O) groups excluding carboxylic acids is 1. The number of thiophene rings is 1. The number of rotatable bonds is 7. The molecule has 3 heterocycles. The Morgan fingerprint density at radius 1 is 1.10 bits per heavy atom. The van der Waals surface area contributed by atoms with Crippen LogP contribution in [0.3, 0.4) is 0 Å². The van der Waals surface area contributed by atoms with Gasteiger partial charge in [0, 0.05) is 37.6 Å². The highest BCUT2D eigenvalue weighted by molar-refractivity contribution is 7.99. The summed E-state index contributed by atoms with van der Waals surface area (Å²) in [4.78, 5) is 22.5. The molecule has 8 heteroatoms. The highest BCUT2D eigenvalue weighted by Crippen LogP contribution is 2.16. The molecule has 6 nitrogen and oxygen atoms in total. The lowest BCUT2D eigenvalue weighted by Gasteiger charge is -2.34. The van der Waals surface area contributed by atoms with E-state index < -0.39 is 0 Å². The van der Waals surface area contributed by atoms with E-state index in [1.165, 1.54) is 17.3 Å². The van der Waals surface area contributed by atoms with Crippen molar-refractivity contribution in [3.05, 3.63) is 64.1 Å². The molecule has 0 spiro atoms. The summed E-state index contributed by atoms with van der Waals surface area (Å²) in [5, 5.41) is 9.74. The largest absolute Gasteiger partial charge is 0.339 e. The van der Waals surface area contributed by atoms with Crippen molar-refractivity contribution in [1.82, 2.24) is 25.0 Å². The molecule has 0 radical (unpaired) electrons. The molecule has 0 atom stereocenters. The molecule has 0 bridgehead atoms. The van der Waals surface area contributed by atoms with Gasteiger partial charge in [0.05, 0.1) is 5.75 Å². The molecule has 0 unspecified atom stereocenters. The van der Waals surface area contributed by atoms with Crippen molar-refractivity contribution < 1.29 is 4.79 Å². The summed E-state index contributed by atoms with van der Waals surface area (Å²) < 4.78 is 0. The van der Waals surface area contributed by atoms with Gasteiger partial charge in [0.1, 0.15) is 5.82 Å². The molecule has 1 saturated heterocycles. The van der Waals surface area contributed by atoms with Gasteiger partial charge in [-0.2, -0.15) is 0 Å². The number of carbonyl (C=O) groups is 1. The van der Waals surface area contributed by atoms with Gasteiger partial charge in [0.2, 0.25) is 11.1 Å². The fraction of sp³-hybridized carbons (Fsp3) is 0.286. The molecule has 1 fully saturated rings. The predicted molar refractivity (Wildman–Crippen MR) is 119 cm³/mol. The SMILES string of the molecule is O=C(CSc1n[nH]c(C=Cc2cccs2)n1)N1CCN(Cc2ccccc2)CC1. The first-order valence-electron chi connectivity index (χ1n) is 9.57. The molecule has 0 saturated carbocycles. The van der Waals surface area contributed by atoms with Crippen LogP contribution >= 0.6 is 23.1 Å². The van der Waals surface area contributed by atoms with E-state index in [1.54, 1.807) is 11.3 Å². The maximum atomic E-state index is 12.5. The van der Waals surface area contributed by atoms with Crippen molar-refractivity contribution in [2.45, 2.75) is 11.7 Å². The summed E-state index contributed by atoms with van der Waals surface area (Å²) in [7, 11) is 0. The number of H-pyrrole nitrogens is 1. The summed E-state index contributed by atoms with van der Waals surface area (Å²) in [6, 6.07) is 14.5. The van der Waals surface area contributed by atoms with E-state index in [0.717, 1.165) is 37.6 Å². The molecule has 3 aromatic rings. The average molecular weight is 426 g/mol. The minimum Gasteiger partial charge on any atom is -0.339 e. The quantitative estimate of drug-likeness (QED) is 0.587. The lowest BCUT2D eigenvalue weighted by Crippen LogP contribution is -2.48. The molecule has 1 amide bonds. The second kappa shape index (κ2) is 9.87. The summed E-state index contributed by atoms with van der Waals surface area (Å²) in [5.41, 5.74) is 1.32. The van der Waals surface area contributed by atoms with Crippen molar-refractivity contribution in [1.29, 1.82) is 0 Å². The zero-order valence-electron chi connectivity index (χ0n) is 16.0. The number of aromatic nitrogens is 3. The fourth-order valence-electron chi connectivity index (χ4n) is 3.16. The van der Waals surface area contributed by atoms with E-state index in [0.29, 0.717) is 16.7 Å². The van der Waals surface area contributed by atoms with Crippen molar-refractivity contribution >= 4 is 41.2 Å². The second-order valence-electron chi connectivity index (χ2n) is 6.78. The molecule has 1 N–H and O–H groups in total. The van der Waals surface area contributed by atoms with E-state index >= 15 is 0 Å². The molecular weight excluding hydrogens is 402 g/mol. The Morgan fingerprint density at radius 3 is 2.69 bits per heavy atom. The van der Waals surface area contributed by atoms with E-state index in [9.17, 15) is 4.79 Å². The normalized spacial score (nSPS) is 15.2. The van der Waals surface area contributed by atoms with E-state index in [1.807, 2.05) is 40.6 Å². The lowest BCUT2D eigenvalue weighted by molar-refractivity contribution is -0.130. The van der Waals surface area contributed by atoms with Gasteiger partial charge in [-0.25, -0.2) is 4.98 Å². The number of piperazine rings is 1. The first-order valence-corrected chi connectivity index (χ1v) is 11.4. The van der Waals surface area contributed by atoms with Crippen LogP contribution in [-0.4, -0.2) is 62.8 Å². The number of hydrogen-bond acceptors (Lipinski definition) is 6. The zero-order chi connectivity index (χ0) is 19.9. The van der Waals surface area contributed by atoms with Gasteiger partial charge < -0.3 is 4.90 Å². The molecule has 150 valence electrons. The Bertz CT molecular complexity index is 931. The summed E-state index contributed by atoms with van der Waals surface area (Å²) in [6.45, 7) is 4.30. The monoisotopic (exact) mass is 425 g/mol. The van der Waals surface area contributed by atoms with Gasteiger partial charge >= 0.3 is 0 Å². The first kappa shape index (κ1) is 19.9. The van der Waals surface area contributed by atoms with Crippen LogP contribution in [0.4, 0.5) is 0 Å².